The van der Waals surface area contributed by atoms with Crippen molar-refractivity contribution in [2.24, 2.45) is 12.5 Å². The van der Waals surface area contributed by atoms with Crippen LogP contribution in [-0.2, 0) is 13.6 Å². The van der Waals surface area contributed by atoms with E-state index in [2.05, 4.69) is 25.8 Å². The molecule has 0 spiro atoms. The molecule has 0 unspecified atom stereocenters. The highest BCUT2D eigenvalue weighted by molar-refractivity contribution is 5.82. The lowest BCUT2D eigenvalue weighted by Crippen LogP contribution is -2.27. The molecule has 0 saturated carbocycles. The highest BCUT2D eigenvalue weighted by Gasteiger charge is 2.18. The van der Waals surface area contributed by atoms with Gasteiger partial charge < -0.3 is 0 Å². The van der Waals surface area contributed by atoms with Crippen molar-refractivity contribution in [1.29, 1.82) is 0 Å². The maximum Gasteiger partial charge on any atom is 0.328 e. The lowest BCUT2D eigenvalue weighted by molar-refractivity contribution is 0.342. The Labute approximate surface area is 134 Å². The zero-order chi connectivity index (χ0) is 16.8. The summed E-state index contributed by atoms with van der Waals surface area (Å²) in [7, 11) is 1.74. The Morgan fingerprint density at radius 3 is 2.57 bits per heavy atom. The van der Waals surface area contributed by atoms with E-state index in [0.717, 1.165) is 11.0 Å². The van der Waals surface area contributed by atoms with Gasteiger partial charge in [0.2, 0.25) is 5.95 Å². The Kier molecular flexibility index (Phi) is 3.59. The number of halogens is 1. The van der Waals surface area contributed by atoms with Crippen molar-refractivity contribution < 1.29 is 4.39 Å². The van der Waals surface area contributed by atoms with E-state index in [0.29, 0.717) is 17.7 Å². The standard InChI is InChI=1S/C18H20FN3O/c1-18(2,3)11-22-14-8-7-12(10-15(14)21(4)17(22)23)13-6-5-9-20-16(13)19/h5-10H,11H2,1-4H3. The Bertz CT molecular complexity index is 932. The number of fused-ring (bicyclic) bond motifs is 1. The molecule has 4 nitrogen and oxygen atoms in total. The van der Waals surface area contributed by atoms with Crippen LogP contribution in [0.15, 0.2) is 41.3 Å². The maximum atomic E-state index is 13.9. The molecule has 0 aliphatic rings. The molecule has 0 bridgehead atoms. The van der Waals surface area contributed by atoms with Gasteiger partial charge in [0.25, 0.3) is 0 Å². The van der Waals surface area contributed by atoms with Gasteiger partial charge in [-0.15, -0.1) is 0 Å². The van der Waals surface area contributed by atoms with Crippen LogP contribution < -0.4 is 5.69 Å². The van der Waals surface area contributed by atoms with Gasteiger partial charge in [-0.3, -0.25) is 9.13 Å². The molecule has 23 heavy (non-hydrogen) atoms. The predicted molar refractivity (Wildman–Crippen MR) is 89.8 cm³/mol. The summed E-state index contributed by atoms with van der Waals surface area (Å²) in [6, 6.07) is 8.95. The summed E-state index contributed by atoms with van der Waals surface area (Å²) < 4.78 is 17.3. The molecule has 5 heteroatoms. The molecular weight excluding hydrogens is 293 g/mol. The largest absolute Gasteiger partial charge is 0.328 e. The van der Waals surface area contributed by atoms with Gasteiger partial charge in [0.15, 0.2) is 0 Å². The summed E-state index contributed by atoms with van der Waals surface area (Å²) in [5.41, 5.74) is 2.74. The molecule has 3 rings (SSSR count). The van der Waals surface area contributed by atoms with E-state index in [-0.39, 0.29) is 11.1 Å². The lowest BCUT2D eigenvalue weighted by Gasteiger charge is -2.18. The minimum absolute atomic E-state index is 0.00770. The van der Waals surface area contributed by atoms with E-state index in [1.807, 2.05) is 18.2 Å². The SMILES string of the molecule is Cn1c(=O)n(CC(C)(C)C)c2ccc(-c3cccnc3F)cc21. The van der Waals surface area contributed by atoms with Crippen LogP contribution in [-0.4, -0.2) is 14.1 Å². The number of nitrogens with zero attached hydrogens (tertiary/aromatic N) is 3. The fourth-order valence-corrected chi connectivity index (χ4v) is 2.80. The third kappa shape index (κ3) is 2.79. The second-order valence-electron chi connectivity index (χ2n) is 7.03. The topological polar surface area (TPSA) is 39.8 Å². The first kappa shape index (κ1) is 15.5. The Hall–Kier alpha value is -2.43. The van der Waals surface area contributed by atoms with Gasteiger partial charge in [-0.1, -0.05) is 26.8 Å². The van der Waals surface area contributed by atoms with Crippen LogP contribution in [0.25, 0.3) is 22.2 Å². The molecule has 0 amide bonds. The number of hydrogen-bond donors (Lipinski definition) is 0. The molecule has 0 aliphatic carbocycles. The molecule has 0 radical (unpaired) electrons. The Balaban J connectivity index is 2.21. The van der Waals surface area contributed by atoms with Gasteiger partial charge in [0.1, 0.15) is 0 Å². The van der Waals surface area contributed by atoms with Crippen LogP contribution in [0.2, 0.25) is 0 Å². The monoisotopic (exact) mass is 313 g/mol. The van der Waals surface area contributed by atoms with E-state index < -0.39 is 5.95 Å². The number of aromatic nitrogens is 3. The molecule has 0 fully saturated rings. The van der Waals surface area contributed by atoms with E-state index in [1.54, 1.807) is 28.3 Å². The molecule has 0 saturated heterocycles. The molecule has 0 atom stereocenters. The molecule has 0 N–H and O–H groups in total. The first-order valence-corrected chi connectivity index (χ1v) is 7.58. The summed E-state index contributed by atoms with van der Waals surface area (Å²) in [6.07, 6.45) is 1.42. The summed E-state index contributed by atoms with van der Waals surface area (Å²) in [5.74, 6) is -0.508. The van der Waals surface area contributed by atoms with E-state index >= 15 is 0 Å². The number of hydrogen-bond acceptors (Lipinski definition) is 2. The van der Waals surface area contributed by atoms with Crippen molar-refractivity contribution in [3.05, 3.63) is 53.0 Å². The average Bonchev–Trinajstić information content (AvgIpc) is 2.71. The molecule has 1 aromatic carbocycles. The van der Waals surface area contributed by atoms with Crippen LogP contribution >= 0.6 is 0 Å². The number of rotatable bonds is 2. The van der Waals surface area contributed by atoms with Crippen LogP contribution in [0.4, 0.5) is 4.39 Å². The summed E-state index contributed by atoms with van der Waals surface area (Å²) in [4.78, 5) is 16.2. The smallest absolute Gasteiger partial charge is 0.295 e. The quantitative estimate of drug-likeness (QED) is 0.678. The predicted octanol–water partition coefficient (Wildman–Crippen LogP) is 3.59. The first-order valence-electron chi connectivity index (χ1n) is 7.58. The highest BCUT2D eigenvalue weighted by atomic mass is 19.1. The third-order valence-electron chi connectivity index (χ3n) is 3.85. The third-order valence-corrected chi connectivity index (χ3v) is 3.85. The Morgan fingerprint density at radius 1 is 1.17 bits per heavy atom. The van der Waals surface area contributed by atoms with Gasteiger partial charge in [0, 0.05) is 25.4 Å². The Morgan fingerprint density at radius 2 is 1.91 bits per heavy atom. The lowest BCUT2D eigenvalue weighted by atomic mass is 9.97. The molecule has 2 aromatic heterocycles. The summed E-state index contributed by atoms with van der Waals surface area (Å²) >= 11 is 0. The fraction of sp³-hybridized carbons (Fsp3) is 0.333. The van der Waals surface area contributed by atoms with Crippen LogP contribution in [0.3, 0.4) is 0 Å². The van der Waals surface area contributed by atoms with Crippen molar-refractivity contribution in [1.82, 2.24) is 14.1 Å². The fourth-order valence-electron chi connectivity index (χ4n) is 2.80. The van der Waals surface area contributed by atoms with Gasteiger partial charge >= 0.3 is 5.69 Å². The minimum Gasteiger partial charge on any atom is -0.295 e. The van der Waals surface area contributed by atoms with Gasteiger partial charge in [-0.25, -0.2) is 9.78 Å². The molecular formula is C18H20FN3O. The summed E-state index contributed by atoms with van der Waals surface area (Å²) in [5, 5.41) is 0. The molecule has 2 heterocycles. The van der Waals surface area contributed by atoms with Gasteiger partial charge in [0.05, 0.1) is 11.0 Å². The van der Waals surface area contributed by atoms with Crippen molar-refractivity contribution in [2.45, 2.75) is 27.3 Å². The van der Waals surface area contributed by atoms with Gasteiger partial charge in [-0.05, 0) is 35.2 Å². The number of imidazole rings is 1. The summed E-state index contributed by atoms with van der Waals surface area (Å²) in [6.45, 7) is 6.91. The van der Waals surface area contributed by atoms with Crippen LogP contribution in [0.5, 0.6) is 0 Å². The number of aryl methyl sites for hydroxylation is 1. The van der Waals surface area contributed by atoms with Crippen molar-refractivity contribution >= 4 is 11.0 Å². The van der Waals surface area contributed by atoms with Gasteiger partial charge in [-0.2, -0.15) is 4.39 Å². The van der Waals surface area contributed by atoms with Crippen molar-refractivity contribution in [3.63, 3.8) is 0 Å². The van der Waals surface area contributed by atoms with Crippen LogP contribution in [0.1, 0.15) is 20.8 Å². The van der Waals surface area contributed by atoms with E-state index in [1.165, 1.54) is 6.20 Å². The second kappa shape index (κ2) is 5.33. The number of benzene rings is 1. The molecule has 0 aliphatic heterocycles. The molecule has 120 valence electrons. The minimum atomic E-state index is -0.508. The maximum absolute atomic E-state index is 13.9. The molecule has 3 aromatic rings. The van der Waals surface area contributed by atoms with Crippen molar-refractivity contribution in [3.8, 4) is 11.1 Å². The zero-order valence-corrected chi connectivity index (χ0v) is 13.8. The van der Waals surface area contributed by atoms with E-state index in [4.69, 9.17) is 0 Å². The van der Waals surface area contributed by atoms with Crippen LogP contribution in [0, 0.1) is 11.4 Å². The van der Waals surface area contributed by atoms with E-state index in [9.17, 15) is 9.18 Å². The average molecular weight is 313 g/mol. The number of pyridine rings is 1. The highest BCUT2D eigenvalue weighted by Crippen LogP contribution is 2.26. The van der Waals surface area contributed by atoms with Crippen molar-refractivity contribution in [2.75, 3.05) is 0 Å². The zero-order valence-electron chi connectivity index (χ0n) is 13.8. The normalized spacial score (nSPS) is 12.0. The second-order valence-corrected chi connectivity index (χ2v) is 7.03. The first-order chi connectivity index (χ1) is 10.8.